The molecule has 0 aromatic heterocycles. The van der Waals surface area contributed by atoms with Crippen molar-refractivity contribution in [2.75, 3.05) is 31.7 Å². The van der Waals surface area contributed by atoms with Crippen molar-refractivity contribution >= 4 is 21.4 Å². The van der Waals surface area contributed by atoms with E-state index in [2.05, 4.69) is 5.43 Å². The molecule has 9 nitrogen and oxygen atoms in total. The largest absolute Gasteiger partial charge is 0.379 e. The maximum Gasteiger partial charge on any atom is 0.293 e. The highest BCUT2D eigenvalue weighted by Gasteiger charge is 2.28. The van der Waals surface area contributed by atoms with Crippen molar-refractivity contribution in [3.8, 4) is 0 Å². The van der Waals surface area contributed by atoms with Crippen LogP contribution >= 0.6 is 0 Å². The number of rotatable bonds is 4. The Morgan fingerprint density at radius 2 is 2.00 bits per heavy atom. The molecule has 1 aliphatic rings. The molecule has 0 bridgehead atoms. The quantitative estimate of drug-likeness (QED) is 0.451. The van der Waals surface area contributed by atoms with Gasteiger partial charge in [0.1, 0.15) is 5.69 Å². The summed E-state index contributed by atoms with van der Waals surface area (Å²) >= 11 is 0. The number of nitrogen functional groups attached to an aromatic ring is 1. The van der Waals surface area contributed by atoms with Crippen LogP contribution in [0, 0.1) is 10.1 Å². The lowest BCUT2D eigenvalue weighted by atomic mass is 10.3. The van der Waals surface area contributed by atoms with Gasteiger partial charge in [-0.25, -0.2) is 8.42 Å². The summed E-state index contributed by atoms with van der Waals surface area (Å²) in [5.74, 6) is 5.20. The van der Waals surface area contributed by atoms with Gasteiger partial charge >= 0.3 is 0 Å². The fraction of sp³-hybridized carbons (Fsp3) is 0.400. The molecule has 20 heavy (non-hydrogen) atoms. The molecule has 0 unspecified atom stereocenters. The van der Waals surface area contributed by atoms with Gasteiger partial charge in [-0.05, 0) is 12.1 Å². The Hall–Kier alpha value is -1.75. The van der Waals surface area contributed by atoms with Gasteiger partial charge in [0.25, 0.3) is 5.69 Å². The number of hydrogen-bond donors (Lipinski definition) is 2. The summed E-state index contributed by atoms with van der Waals surface area (Å²) in [5.41, 5.74) is 1.81. The van der Waals surface area contributed by atoms with Crippen LogP contribution in [0.3, 0.4) is 0 Å². The molecule has 1 aromatic rings. The average Bonchev–Trinajstić information content (AvgIpc) is 2.47. The zero-order valence-corrected chi connectivity index (χ0v) is 11.3. The van der Waals surface area contributed by atoms with E-state index in [1.807, 2.05) is 0 Å². The Labute approximate surface area is 115 Å². The molecular weight excluding hydrogens is 288 g/mol. The van der Waals surface area contributed by atoms with Gasteiger partial charge in [-0.2, -0.15) is 4.31 Å². The molecule has 0 atom stereocenters. The fourth-order valence-electron chi connectivity index (χ4n) is 1.89. The molecule has 0 spiro atoms. The first-order valence-corrected chi connectivity index (χ1v) is 7.24. The highest BCUT2D eigenvalue weighted by molar-refractivity contribution is 7.89. The maximum atomic E-state index is 12.4. The van der Waals surface area contributed by atoms with Crippen LogP contribution in [-0.2, 0) is 14.8 Å². The highest BCUT2D eigenvalue weighted by Crippen LogP contribution is 2.28. The molecule has 0 saturated carbocycles. The summed E-state index contributed by atoms with van der Waals surface area (Å²) in [5, 5.41) is 10.8. The van der Waals surface area contributed by atoms with E-state index in [-0.39, 0.29) is 29.4 Å². The van der Waals surface area contributed by atoms with Crippen LogP contribution in [0.25, 0.3) is 0 Å². The topological polar surface area (TPSA) is 128 Å². The van der Waals surface area contributed by atoms with Gasteiger partial charge in [-0.3, -0.25) is 16.0 Å². The summed E-state index contributed by atoms with van der Waals surface area (Å²) in [4.78, 5) is 10.1. The number of morpholine rings is 1. The van der Waals surface area contributed by atoms with E-state index in [1.165, 1.54) is 10.4 Å². The Bertz CT molecular complexity index is 612. The van der Waals surface area contributed by atoms with Crippen molar-refractivity contribution in [1.82, 2.24) is 4.31 Å². The molecule has 0 radical (unpaired) electrons. The lowest BCUT2D eigenvalue weighted by molar-refractivity contribution is -0.384. The lowest BCUT2D eigenvalue weighted by Gasteiger charge is -2.26. The lowest BCUT2D eigenvalue weighted by Crippen LogP contribution is -2.40. The summed E-state index contributed by atoms with van der Waals surface area (Å²) in [6.07, 6.45) is 0. The second-order valence-electron chi connectivity index (χ2n) is 4.10. The number of sulfonamides is 1. The van der Waals surface area contributed by atoms with Crippen LogP contribution in [0.15, 0.2) is 23.1 Å². The zero-order chi connectivity index (χ0) is 14.8. The molecule has 1 aliphatic heterocycles. The fourth-order valence-corrected chi connectivity index (χ4v) is 3.32. The van der Waals surface area contributed by atoms with E-state index in [9.17, 15) is 18.5 Å². The standard InChI is InChI=1S/C10H14N4O5S/c11-12-9-7-8(1-2-10(9)14(15)16)20(17,18)13-3-5-19-6-4-13/h1-2,7,12H,3-6,11H2. The normalized spacial score (nSPS) is 16.9. The van der Waals surface area contributed by atoms with Gasteiger partial charge in [0.05, 0.1) is 23.0 Å². The number of hydrazine groups is 1. The minimum atomic E-state index is -3.70. The number of benzene rings is 1. The van der Waals surface area contributed by atoms with Crippen molar-refractivity contribution in [2.24, 2.45) is 5.84 Å². The number of anilines is 1. The van der Waals surface area contributed by atoms with Crippen molar-refractivity contribution in [3.05, 3.63) is 28.3 Å². The second-order valence-corrected chi connectivity index (χ2v) is 6.03. The van der Waals surface area contributed by atoms with E-state index in [1.54, 1.807) is 0 Å². The number of ether oxygens (including phenoxy) is 1. The minimum Gasteiger partial charge on any atom is -0.379 e. The van der Waals surface area contributed by atoms with Crippen molar-refractivity contribution in [1.29, 1.82) is 0 Å². The van der Waals surface area contributed by atoms with Crippen LogP contribution < -0.4 is 11.3 Å². The molecule has 1 heterocycles. The molecule has 0 aliphatic carbocycles. The van der Waals surface area contributed by atoms with Gasteiger partial charge < -0.3 is 10.2 Å². The number of nitro benzene ring substituents is 1. The van der Waals surface area contributed by atoms with Crippen LogP contribution in [-0.4, -0.2) is 43.9 Å². The summed E-state index contributed by atoms with van der Waals surface area (Å²) in [6.45, 7) is 1.16. The van der Waals surface area contributed by atoms with Crippen LogP contribution in [0.5, 0.6) is 0 Å². The SMILES string of the molecule is NNc1cc(S(=O)(=O)N2CCOCC2)ccc1[N+](=O)[O-]. The Balaban J connectivity index is 2.39. The first-order valence-electron chi connectivity index (χ1n) is 5.80. The first kappa shape index (κ1) is 14.7. The highest BCUT2D eigenvalue weighted by atomic mass is 32.2. The number of nitro groups is 1. The number of nitrogens with one attached hydrogen (secondary N) is 1. The van der Waals surface area contributed by atoms with E-state index in [0.717, 1.165) is 12.1 Å². The number of nitrogens with two attached hydrogens (primary N) is 1. The molecule has 110 valence electrons. The zero-order valence-electron chi connectivity index (χ0n) is 10.5. The number of nitrogens with zero attached hydrogens (tertiary/aromatic N) is 2. The summed E-state index contributed by atoms with van der Waals surface area (Å²) in [7, 11) is -3.70. The van der Waals surface area contributed by atoms with E-state index in [4.69, 9.17) is 10.6 Å². The average molecular weight is 302 g/mol. The van der Waals surface area contributed by atoms with Gasteiger partial charge in [-0.1, -0.05) is 0 Å². The van der Waals surface area contributed by atoms with E-state index >= 15 is 0 Å². The second kappa shape index (κ2) is 5.71. The Morgan fingerprint density at radius 3 is 2.55 bits per heavy atom. The van der Waals surface area contributed by atoms with Gasteiger partial charge in [0, 0.05) is 19.2 Å². The van der Waals surface area contributed by atoms with Gasteiger partial charge in [-0.15, -0.1) is 0 Å². The van der Waals surface area contributed by atoms with Gasteiger partial charge in [0.15, 0.2) is 0 Å². The summed E-state index contributed by atoms with van der Waals surface area (Å²) in [6, 6.07) is 3.47. The smallest absolute Gasteiger partial charge is 0.293 e. The minimum absolute atomic E-state index is 0.0436. The predicted molar refractivity (Wildman–Crippen MR) is 70.5 cm³/mol. The van der Waals surface area contributed by atoms with Crippen molar-refractivity contribution in [3.63, 3.8) is 0 Å². The molecular formula is C10H14N4O5S. The third-order valence-electron chi connectivity index (χ3n) is 2.93. The predicted octanol–water partition coefficient (Wildman–Crippen LogP) is -0.0987. The maximum absolute atomic E-state index is 12.4. The van der Waals surface area contributed by atoms with Crippen molar-refractivity contribution in [2.45, 2.75) is 4.90 Å². The Kier molecular flexibility index (Phi) is 4.18. The van der Waals surface area contributed by atoms with E-state index in [0.29, 0.717) is 13.2 Å². The summed E-state index contributed by atoms with van der Waals surface area (Å²) < 4.78 is 31.1. The molecule has 10 heteroatoms. The molecule has 0 amide bonds. The van der Waals surface area contributed by atoms with E-state index < -0.39 is 14.9 Å². The van der Waals surface area contributed by atoms with Crippen LogP contribution in [0.4, 0.5) is 11.4 Å². The number of hydrogen-bond acceptors (Lipinski definition) is 7. The van der Waals surface area contributed by atoms with Gasteiger partial charge in [0.2, 0.25) is 10.0 Å². The molecule has 2 rings (SSSR count). The van der Waals surface area contributed by atoms with Crippen molar-refractivity contribution < 1.29 is 18.1 Å². The molecule has 1 fully saturated rings. The third-order valence-corrected chi connectivity index (χ3v) is 4.82. The molecule has 1 saturated heterocycles. The molecule has 3 N–H and O–H groups in total. The molecule has 1 aromatic carbocycles. The first-order chi connectivity index (χ1) is 9.46. The van der Waals surface area contributed by atoms with Crippen LogP contribution in [0.1, 0.15) is 0 Å². The Morgan fingerprint density at radius 1 is 1.35 bits per heavy atom. The third kappa shape index (κ3) is 2.72. The van der Waals surface area contributed by atoms with Crippen LogP contribution in [0.2, 0.25) is 0 Å². The monoisotopic (exact) mass is 302 g/mol.